The maximum atomic E-state index is 11.1. The van der Waals surface area contributed by atoms with Crippen LogP contribution in [0, 0.1) is 0 Å². The number of benzene rings is 1. The van der Waals surface area contributed by atoms with E-state index in [1.54, 1.807) is 29.5 Å². The molecule has 18 heavy (non-hydrogen) atoms. The molecule has 2 rings (SSSR count). The van der Waals surface area contributed by atoms with Crippen molar-refractivity contribution < 1.29 is 14.6 Å². The highest BCUT2D eigenvalue weighted by Crippen LogP contribution is 2.23. The van der Waals surface area contributed by atoms with Crippen LogP contribution in [0.5, 0.6) is 5.75 Å². The molecule has 0 radical (unpaired) electrons. The van der Waals surface area contributed by atoms with E-state index in [0.717, 1.165) is 10.9 Å². The van der Waals surface area contributed by atoms with Gasteiger partial charge >= 0.3 is 5.97 Å². The van der Waals surface area contributed by atoms with E-state index in [9.17, 15) is 4.79 Å². The highest BCUT2D eigenvalue weighted by molar-refractivity contribution is 9.10. The van der Waals surface area contributed by atoms with E-state index in [4.69, 9.17) is 9.84 Å². The predicted octanol–water partition coefficient (Wildman–Crippen LogP) is 3.83. The first kappa shape index (κ1) is 13.1. The van der Waals surface area contributed by atoms with Gasteiger partial charge in [0.05, 0.1) is 6.61 Å². The molecule has 1 heterocycles. The van der Waals surface area contributed by atoms with Crippen LogP contribution in [-0.2, 0) is 6.42 Å². The Kier molecular flexibility index (Phi) is 4.38. The molecule has 0 saturated heterocycles. The molecule has 1 aromatic carbocycles. The van der Waals surface area contributed by atoms with Gasteiger partial charge in [-0.1, -0.05) is 15.9 Å². The Balaban J connectivity index is 2.02. The number of thiophene rings is 1. The van der Waals surface area contributed by atoms with Gasteiger partial charge in [-0.2, -0.15) is 11.3 Å². The fourth-order valence-electron chi connectivity index (χ4n) is 1.51. The molecule has 3 nitrogen and oxygen atoms in total. The average Bonchev–Trinajstić information content (AvgIpc) is 2.84. The zero-order valence-corrected chi connectivity index (χ0v) is 11.8. The summed E-state index contributed by atoms with van der Waals surface area (Å²) >= 11 is 4.89. The molecule has 0 bridgehead atoms. The summed E-state index contributed by atoms with van der Waals surface area (Å²) in [4.78, 5) is 11.1. The molecule has 0 spiro atoms. The SMILES string of the molecule is O=C(O)c1cc(Br)ccc1OCCc1ccsc1. The van der Waals surface area contributed by atoms with Gasteiger partial charge in [0.25, 0.3) is 0 Å². The number of rotatable bonds is 5. The van der Waals surface area contributed by atoms with E-state index in [2.05, 4.69) is 21.3 Å². The van der Waals surface area contributed by atoms with Crippen molar-refractivity contribution in [2.75, 3.05) is 6.61 Å². The molecule has 0 amide bonds. The Bertz CT molecular complexity index is 537. The van der Waals surface area contributed by atoms with Crippen LogP contribution in [0.4, 0.5) is 0 Å². The molecular weight excluding hydrogens is 316 g/mol. The van der Waals surface area contributed by atoms with Crippen molar-refractivity contribution in [3.63, 3.8) is 0 Å². The molecule has 2 aromatic rings. The maximum Gasteiger partial charge on any atom is 0.339 e. The van der Waals surface area contributed by atoms with E-state index in [0.29, 0.717) is 12.4 Å². The Labute approximate surface area is 117 Å². The van der Waals surface area contributed by atoms with Gasteiger partial charge in [0.15, 0.2) is 0 Å². The number of aromatic carboxylic acids is 1. The van der Waals surface area contributed by atoms with Crippen LogP contribution < -0.4 is 4.74 Å². The average molecular weight is 327 g/mol. The molecule has 0 saturated carbocycles. The first-order valence-electron chi connectivity index (χ1n) is 5.33. The smallest absolute Gasteiger partial charge is 0.339 e. The second-order valence-electron chi connectivity index (χ2n) is 3.68. The number of carbonyl (C=O) groups is 1. The minimum Gasteiger partial charge on any atom is -0.492 e. The molecule has 0 aliphatic rings. The molecule has 1 aromatic heterocycles. The first-order chi connectivity index (χ1) is 8.66. The van der Waals surface area contributed by atoms with Gasteiger partial charge in [-0.05, 0) is 40.6 Å². The van der Waals surface area contributed by atoms with Gasteiger partial charge in [-0.3, -0.25) is 0 Å². The van der Waals surface area contributed by atoms with Crippen LogP contribution in [0.1, 0.15) is 15.9 Å². The van der Waals surface area contributed by atoms with E-state index in [1.165, 1.54) is 5.56 Å². The zero-order chi connectivity index (χ0) is 13.0. The van der Waals surface area contributed by atoms with Gasteiger partial charge in [0.1, 0.15) is 11.3 Å². The number of ether oxygens (including phenoxy) is 1. The van der Waals surface area contributed by atoms with Crippen molar-refractivity contribution in [1.29, 1.82) is 0 Å². The summed E-state index contributed by atoms with van der Waals surface area (Å²) in [5.41, 5.74) is 1.38. The number of carboxylic acid groups (broad SMARTS) is 1. The fourth-order valence-corrected chi connectivity index (χ4v) is 2.57. The predicted molar refractivity (Wildman–Crippen MR) is 74.6 cm³/mol. The van der Waals surface area contributed by atoms with Gasteiger partial charge < -0.3 is 9.84 Å². The minimum absolute atomic E-state index is 0.176. The van der Waals surface area contributed by atoms with Crippen molar-refractivity contribution in [2.24, 2.45) is 0 Å². The normalized spacial score (nSPS) is 10.3. The Hall–Kier alpha value is -1.33. The van der Waals surface area contributed by atoms with E-state index in [-0.39, 0.29) is 5.56 Å². The maximum absolute atomic E-state index is 11.1. The molecule has 0 aliphatic heterocycles. The standard InChI is InChI=1S/C13H11BrO3S/c14-10-1-2-12(11(7-10)13(15)16)17-5-3-9-4-6-18-8-9/h1-2,4,6-8H,3,5H2,(H,15,16). The third-order valence-electron chi connectivity index (χ3n) is 2.40. The summed E-state index contributed by atoms with van der Waals surface area (Å²) in [6, 6.07) is 7.02. The molecule has 0 unspecified atom stereocenters. The quantitative estimate of drug-likeness (QED) is 0.908. The highest BCUT2D eigenvalue weighted by Gasteiger charge is 2.11. The Morgan fingerprint density at radius 3 is 2.89 bits per heavy atom. The Morgan fingerprint density at radius 2 is 2.22 bits per heavy atom. The molecule has 0 aliphatic carbocycles. The zero-order valence-electron chi connectivity index (χ0n) is 9.43. The van der Waals surface area contributed by atoms with Crippen LogP contribution in [-0.4, -0.2) is 17.7 Å². The van der Waals surface area contributed by atoms with Crippen molar-refractivity contribution >= 4 is 33.2 Å². The number of hydrogen-bond donors (Lipinski definition) is 1. The minimum atomic E-state index is -0.984. The number of carboxylic acids is 1. The monoisotopic (exact) mass is 326 g/mol. The van der Waals surface area contributed by atoms with E-state index < -0.39 is 5.97 Å². The molecule has 5 heteroatoms. The van der Waals surface area contributed by atoms with Crippen LogP contribution in [0.3, 0.4) is 0 Å². The lowest BCUT2D eigenvalue weighted by atomic mass is 10.2. The van der Waals surface area contributed by atoms with E-state index >= 15 is 0 Å². The van der Waals surface area contributed by atoms with Crippen LogP contribution in [0.15, 0.2) is 39.5 Å². The third-order valence-corrected chi connectivity index (χ3v) is 3.63. The van der Waals surface area contributed by atoms with Crippen molar-refractivity contribution in [2.45, 2.75) is 6.42 Å². The van der Waals surface area contributed by atoms with Crippen molar-refractivity contribution in [3.8, 4) is 5.75 Å². The van der Waals surface area contributed by atoms with Crippen LogP contribution in [0.2, 0.25) is 0 Å². The second kappa shape index (κ2) is 6.02. The number of hydrogen-bond acceptors (Lipinski definition) is 3. The highest BCUT2D eigenvalue weighted by atomic mass is 79.9. The lowest BCUT2D eigenvalue weighted by Gasteiger charge is -2.09. The van der Waals surface area contributed by atoms with Gasteiger partial charge in [-0.25, -0.2) is 4.79 Å². The van der Waals surface area contributed by atoms with E-state index in [1.807, 2.05) is 11.4 Å². The summed E-state index contributed by atoms with van der Waals surface area (Å²) in [6.45, 7) is 0.471. The summed E-state index contributed by atoms with van der Waals surface area (Å²) in [5, 5.41) is 13.1. The third kappa shape index (κ3) is 3.34. The Morgan fingerprint density at radius 1 is 1.39 bits per heavy atom. The topological polar surface area (TPSA) is 46.5 Å². The summed E-state index contributed by atoms with van der Waals surface area (Å²) < 4.78 is 6.26. The first-order valence-corrected chi connectivity index (χ1v) is 7.07. The van der Waals surface area contributed by atoms with Gasteiger partial charge in [0.2, 0.25) is 0 Å². The molecule has 1 N–H and O–H groups in total. The van der Waals surface area contributed by atoms with Crippen LogP contribution >= 0.6 is 27.3 Å². The van der Waals surface area contributed by atoms with Gasteiger partial charge in [-0.15, -0.1) is 0 Å². The summed E-state index contributed by atoms with van der Waals surface area (Å²) in [5.74, 6) is -0.581. The molecule has 94 valence electrons. The summed E-state index contributed by atoms with van der Waals surface area (Å²) in [7, 11) is 0. The second-order valence-corrected chi connectivity index (χ2v) is 5.37. The largest absolute Gasteiger partial charge is 0.492 e. The summed E-state index contributed by atoms with van der Waals surface area (Å²) in [6.07, 6.45) is 0.776. The van der Waals surface area contributed by atoms with Crippen LogP contribution in [0.25, 0.3) is 0 Å². The fraction of sp³-hybridized carbons (Fsp3) is 0.154. The lowest BCUT2D eigenvalue weighted by molar-refractivity contribution is 0.0692. The van der Waals surface area contributed by atoms with Crippen molar-refractivity contribution in [1.82, 2.24) is 0 Å². The lowest BCUT2D eigenvalue weighted by Crippen LogP contribution is -2.06. The van der Waals surface area contributed by atoms with Crippen molar-refractivity contribution in [3.05, 3.63) is 50.6 Å². The van der Waals surface area contributed by atoms with Gasteiger partial charge in [0, 0.05) is 10.9 Å². The molecule has 0 atom stereocenters. The molecular formula is C13H11BrO3S. The number of halogens is 1. The molecule has 0 fully saturated rings.